The standard InChI is InChI=1S/C16H23NO4/c1-11(16(2,3)4)9-14(19)17(10-15(20)21)12-5-7-13(18)8-6-12/h5-8,11,18H,9-10H2,1-4H3,(H,20,21). The molecule has 0 bridgehead atoms. The number of amides is 1. The molecule has 1 unspecified atom stereocenters. The summed E-state index contributed by atoms with van der Waals surface area (Å²) in [7, 11) is 0. The SMILES string of the molecule is CC(CC(=O)N(CC(=O)O)c1ccc(O)cc1)C(C)(C)C. The average molecular weight is 293 g/mol. The molecule has 0 saturated carbocycles. The van der Waals surface area contributed by atoms with Crippen LogP contribution in [0.5, 0.6) is 5.75 Å². The van der Waals surface area contributed by atoms with Crippen LogP contribution in [0.15, 0.2) is 24.3 Å². The van der Waals surface area contributed by atoms with Gasteiger partial charge in [0.1, 0.15) is 12.3 Å². The molecule has 2 N–H and O–H groups in total. The third kappa shape index (κ3) is 5.10. The van der Waals surface area contributed by atoms with E-state index >= 15 is 0 Å². The molecule has 0 aliphatic heterocycles. The number of anilines is 1. The minimum Gasteiger partial charge on any atom is -0.508 e. The van der Waals surface area contributed by atoms with Gasteiger partial charge in [0.05, 0.1) is 0 Å². The molecule has 0 heterocycles. The molecule has 5 nitrogen and oxygen atoms in total. The number of nitrogens with zero attached hydrogens (tertiary/aromatic N) is 1. The molecule has 21 heavy (non-hydrogen) atoms. The van der Waals surface area contributed by atoms with Crippen molar-refractivity contribution in [3.8, 4) is 5.75 Å². The van der Waals surface area contributed by atoms with E-state index in [1.807, 2.05) is 27.7 Å². The van der Waals surface area contributed by atoms with Gasteiger partial charge in [-0.05, 0) is 35.6 Å². The van der Waals surface area contributed by atoms with E-state index in [-0.39, 0.29) is 36.0 Å². The molecule has 1 atom stereocenters. The summed E-state index contributed by atoms with van der Waals surface area (Å²) in [5, 5.41) is 18.3. The lowest BCUT2D eigenvalue weighted by molar-refractivity contribution is -0.136. The van der Waals surface area contributed by atoms with Crippen molar-refractivity contribution in [1.82, 2.24) is 0 Å². The molecule has 0 radical (unpaired) electrons. The van der Waals surface area contributed by atoms with Crippen molar-refractivity contribution in [1.29, 1.82) is 0 Å². The Balaban J connectivity index is 2.94. The lowest BCUT2D eigenvalue weighted by Gasteiger charge is -2.29. The van der Waals surface area contributed by atoms with Gasteiger partial charge in [-0.3, -0.25) is 9.59 Å². The minimum atomic E-state index is -1.07. The number of phenols is 1. The zero-order valence-corrected chi connectivity index (χ0v) is 13.0. The number of carboxylic acid groups (broad SMARTS) is 1. The molecule has 116 valence electrons. The number of phenolic OH excluding ortho intramolecular Hbond substituents is 1. The molecular formula is C16H23NO4. The molecule has 1 rings (SSSR count). The first-order valence-corrected chi connectivity index (χ1v) is 6.92. The fourth-order valence-corrected chi connectivity index (χ4v) is 1.77. The van der Waals surface area contributed by atoms with Gasteiger partial charge >= 0.3 is 5.97 Å². The van der Waals surface area contributed by atoms with Crippen LogP contribution < -0.4 is 4.90 Å². The predicted octanol–water partition coefficient (Wildman–Crippen LogP) is 2.88. The van der Waals surface area contributed by atoms with Crippen molar-refractivity contribution < 1.29 is 19.8 Å². The van der Waals surface area contributed by atoms with Gasteiger partial charge in [-0.15, -0.1) is 0 Å². The highest BCUT2D eigenvalue weighted by Crippen LogP contribution is 2.29. The fraction of sp³-hybridized carbons (Fsp3) is 0.500. The van der Waals surface area contributed by atoms with Gasteiger partial charge in [0.2, 0.25) is 5.91 Å². The number of aliphatic carboxylic acids is 1. The molecule has 0 aromatic heterocycles. The van der Waals surface area contributed by atoms with E-state index in [1.165, 1.54) is 29.2 Å². The van der Waals surface area contributed by atoms with Crippen LogP contribution in [0.25, 0.3) is 0 Å². The molecule has 5 heteroatoms. The maximum absolute atomic E-state index is 12.4. The smallest absolute Gasteiger partial charge is 0.323 e. The quantitative estimate of drug-likeness (QED) is 0.875. The van der Waals surface area contributed by atoms with E-state index in [1.54, 1.807) is 0 Å². The number of carboxylic acids is 1. The topological polar surface area (TPSA) is 77.8 Å². The van der Waals surface area contributed by atoms with Gasteiger partial charge in [0.25, 0.3) is 0 Å². The van der Waals surface area contributed by atoms with Crippen LogP contribution >= 0.6 is 0 Å². The Labute approximate surface area is 125 Å². The second-order valence-electron chi connectivity index (χ2n) is 6.36. The molecule has 1 aromatic carbocycles. The lowest BCUT2D eigenvalue weighted by atomic mass is 9.80. The number of rotatable bonds is 5. The maximum atomic E-state index is 12.4. The van der Waals surface area contributed by atoms with Crippen LogP contribution in [0.4, 0.5) is 5.69 Å². The van der Waals surface area contributed by atoms with E-state index < -0.39 is 5.97 Å². The third-order valence-corrected chi connectivity index (χ3v) is 3.72. The molecule has 0 fully saturated rings. The molecule has 0 aliphatic carbocycles. The summed E-state index contributed by atoms with van der Waals surface area (Å²) in [5.41, 5.74) is 0.445. The van der Waals surface area contributed by atoms with Gasteiger partial charge in [-0.25, -0.2) is 0 Å². The first kappa shape index (κ1) is 17.0. The summed E-state index contributed by atoms with van der Waals surface area (Å²) < 4.78 is 0. The number of carbonyl (C=O) groups is 2. The number of carbonyl (C=O) groups excluding carboxylic acids is 1. The minimum absolute atomic E-state index is 0.0283. The number of hydrogen-bond acceptors (Lipinski definition) is 3. The number of benzene rings is 1. The van der Waals surface area contributed by atoms with Crippen molar-refractivity contribution in [3.05, 3.63) is 24.3 Å². The van der Waals surface area contributed by atoms with Gasteiger partial charge < -0.3 is 15.1 Å². The Morgan fingerprint density at radius 3 is 2.14 bits per heavy atom. The highest BCUT2D eigenvalue weighted by Gasteiger charge is 2.26. The van der Waals surface area contributed by atoms with Crippen molar-refractivity contribution >= 4 is 17.6 Å². The van der Waals surface area contributed by atoms with E-state index in [9.17, 15) is 14.7 Å². The van der Waals surface area contributed by atoms with Gasteiger partial charge in [-0.1, -0.05) is 27.7 Å². The summed E-state index contributed by atoms with van der Waals surface area (Å²) in [6.45, 7) is 7.74. The largest absolute Gasteiger partial charge is 0.508 e. The molecule has 0 aliphatic rings. The van der Waals surface area contributed by atoms with Crippen molar-refractivity contribution in [2.45, 2.75) is 34.1 Å². The summed E-state index contributed by atoms with van der Waals surface area (Å²) in [6, 6.07) is 5.95. The first-order chi connectivity index (χ1) is 9.61. The second kappa shape index (κ2) is 6.61. The van der Waals surface area contributed by atoms with Crippen LogP contribution in [0, 0.1) is 11.3 Å². The maximum Gasteiger partial charge on any atom is 0.323 e. The summed E-state index contributed by atoms with van der Waals surface area (Å²) in [4.78, 5) is 24.7. The normalized spacial score (nSPS) is 12.8. The van der Waals surface area contributed by atoms with Crippen molar-refractivity contribution in [2.24, 2.45) is 11.3 Å². The van der Waals surface area contributed by atoms with Crippen molar-refractivity contribution in [3.63, 3.8) is 0 Å². The van der Waals surface area contributed by atoms with Gasteiger partial charge in [-0.2, -0.15) is 0 Å². The summed E-state index contributed by atoms with van der Waals surface area (Å²) in [5.74, 6) is -1.10. The fourth-order valence-electron chi connectivity index (χ4n) is 1.77. The molecular weight excluding hydrogens is 270 g/mol. The van der Waals surface area contributed by atoms with Gasteiger partial charge in [0.15, 0.2) is 0 Å². The van der Waals surface area contributed by atoms with E-state index in [4.69, 9.17) is 5.11 Å². The van der Waals surface area contributed by atoms with Crippen LogP contribution in [-0.2, 0) is 9.59 Å². The Bertz CT molecular complexity index is 502. The Hall–Kier alpha value is -2.04. The van der Waals surface area contributed by atoms with E-state index in [0.29, 0.717) is 5.69 Å². The highest BCUT2D eigenvalue weighted by molar-refractivity contribution is 5.97. The third-order valence-electron chi connectivity index (χ3n) is 3.72. The van der Waals surface area contributed by atoms with E-state index in [2.05, 4.69) is 0 Å². The Morgan fingerprint density at radius 2 is 1.71 bits per heavy atom. The molecule has 0 spiro atoms. The molecule has 0 saturated heterocycles. The average Bonchev–Trinajstić information content (AvgIpc) is 2.35. The monoisotopic (exact) mass is 293 g/mol. The second-order valence-corrected chi connectivity index (χ2v) is 6.36. The number of hydrogen-bond donors (Lipinski definition) is 2. The van der Waals surface area contributed by atoms with Crippen molar-refractivity contribution in [2.75, 3.05) is 11.4 Å². The van der Waals surface area contributed by atoms with Crippen LogP contribution in [0.2, 0.25) is 0 Å². The van der Waals surface area contributed by atoms with Crippen LogP contribution in [-0.4, -0.2) is 28.6 Å². The Kier molecular flexibility index (Phi) is 5.35. The zero-order valence-electron chi connectivity index (χ0n) is 13.0. The van der Waals surface area contributed by atoms with Gasteiger partial charge in [0, 0.05) is 12.1 Å². The summed E-state index contributed by atoms with van der Waals surface area (Å²) in [6.07, 6.45) is 0.275. The Morgan fingerprint density at radius 1 is 1.19 bits per heavy atom. The molecule has 1 aromatic rings. The summed E-state index contributed by atoms with van der Waals surface area (Å²) >= 11 is 0. The predicted molar refractivity (Wildman–Crippen MR) is 81.3 cm³/mol. The van der Waals surface area contributed by atoms with Crippen LogP contribution in [0.3, 0.4) is 0 Å². The first-order valence-electron chi connectivity index (χ1n) is 6.92. The molecule has 1 amide bonds. The zero-order chi connectivity index (χ0) is 16.2. The number of aromatic hydroxyl groups is 1. The highest BCUT2D eigenvalue weighted by atomic mass is 16.4. The lowest BCUT2D eigenvalue weighted by Crippen LogP contribution is -2.37. The van der Waals surface area contributed by atoms with E-state index in [0.717, 1.165) is 0 Å². The van der Waals surface area contributed by atoms with Crippen LogP contribution in [0.1, 0.15) is 34.1 Å².